The average Bonchev–Trinajstić information content (AvgIpc) is 2.28. The highest BCUT2D eigenvalue weighted by Gasteiger charge is 2.28. The van der Waals surface area contributed by atoms with E-state index in [9.17, 15) is 4.79 Å². The van der Waals surface area contributed by atoms with Crippen LogP contribution in [0.2, 0.25) is 0 Å². The van der Waals surface area contributed by atoms with Crippen LogP contribution in [0, 0.1) is 5.92 Å². The number of nitrogens with zero attached hydrogens (tertiary/aromatic N) is 2. The fourth-order valence-corrected chi connectivity index (χ4v) is 2.59. The molecular formula is C13H29Cl2N3O. The number of carbonyl (C=O) groups excluding carboxylic acids is 1. The standard InChI is InChI=1S/C13H27N3O.2ClH/c1-4-6-15(3)10-13(17)16-7-5-11(2)8-12(16)9-14;;/h11-12H,4-10,14H2,1-3H3;2*1H. The molecule has 0 aromatic carbocycles. The Labute approximate surface area is 129 Å². The van der Waals surface area contributed by atoms with Gasteiger partial charge in [0.1, 0.15) is 0 Å². The maximum absolute atomic E-state index is 12.2. The number of hydrogen-bond acceptors (Lipinski definition) is 3. The smallest absolute Gasteiger partial charge is 0.237 e. The molecule has 0 aromatic rings. The van der Waals surface area contributed by atoms with Gasteiger partial charge in [-0.3, -0.25) is 9.69 Å². The number of amides is 1. The minimum atomic E-state index is 0. The van der Waals surface area contributed by atoms with Crippen LogP contribution < -0.4 is 5.73 Å². The molecule has 4 nitrogen and oxygen atoms in total. The molecule has 1 saturated heterocycles. The third-order valence-corrected chi connectivity index (χ3v) is 3.58. The fraction of sp³-hybridized carbons (Fsp3) is 0.923. The lowest BCUT2D eigenvalue weighted by Crippen LogP contribution is -2.51. The molecule has 0 bridgehead atoms. The summed E-state index contributed by atoms with van der Waals surface area (Å²) in [7, 11) is 2.01. The Morgan fingerprint density at radius 1 is 1.42 bits per heavy atom. The summed E-state index contributed by atoms with van der Waals surface area (Å²) < 4.78 is 0. The van der Waals surface area contributed by atoms with Crippen molar-refractivity contribution in [2.45, 2.75) is 39.2 Å². The van der Waals surface area contributed by atoms with Crippen molar-refractivity contribution in [2.75, 3.05) is 33.2 Å². The second-order valence-corrected chi connectivity index (χ2v) is 5.34. The van der Waals surface area contributed by atoms with Gasteiger partial charge in [0.25, 0.3) is 0 Å². The van der Waals surface area contributed by atoms with Gasteiger partial charge in [-0.15, -0.1) is 24.8 Å². The van der Waals surface area contributed by atoms with E-state index in [2.05, 4.69) is 18.7 Å². The van der Waals surface area contributed by atoms with Crippen molar-refractivity contribution in [3.8, 4) is 0 Å². The molecule has 19 heavy (non-hydrogen) atoms. The van der Waals surface area contributed by atoms with E-state index in [1.807, 2.05) is 11.9 Å². The molecule has 2 atom stereocenters. The van der Waals surface area contributed by atoms with Crippen LogP contribution in [0.3, 0.4) is 0 Å². The number of piperidine rings is 1. The van der Waals surface area contributed by atoms with Gasteiger partial charge in [0.05, 0.1) is 6.54 Å². The molecule has 0 aliphatic carbocycles. The Bertz CT molecular complexity index is 254. The van der Waals surface area contributed by atoms with Crippen LogP contribution in [-0.4, -0.2) is 55.0 Å². The van der Waals surface area contributed by atoms with Crippen LogP contribution in [-0.2, 0) is 4.79 Å². The van der Waals surface area contributed by atoms with E-state index < -0.39 is 0 Å². The summed E-state index contributed by atoms with van der Waals surface area (Å²) in [5, 5.41) is 0. The number of carbonyl (C=O) groups is 1. The van der Waals surface area contributed by atoms with Crippen molar-refractivity contribution >= 4 is 30.7 Å². The minimum absolute atomic E-state index is 0. The number of rotatable bonds is 5. The van der Waals surface area contributed by atoms with Crippen molar-refractivity contribution < 1.29 is 4.79 Å². The summed E-state index contributed by atoms with van der Waals surface area (Å²) in [6, 6.07) is 0.251. The van der Waals surface area contributed by atoms with Crippen LogP contribution in [0.5, 0.6) is 0 Å². The van der Waals surface area contributed by atoms with E-state index in [0.717, 1.165) is 32.4 Å². The SMILES string of the molecule is CCCN(C)CC(=O)N1CCC(C)CC1CN.Cl.Cl. The number of likely N-dealkylation sites (tertiary alicyclic amines) is 1. The lowest BCUT2D eigenvalue weighted by molar-refractivity contribution is -0.136. The summed E-state index contributed by atoms with van der Waals surface area (Å²) in [6.45, 7) is 7.34. The van der Waals surface area contributed by atoms with Crippen molar-refractivity contribution in [1.29, 1.82) is 0 Å². The molecule has 0 saturated carbocycles. The van der Waals surface area contributed by atoms with Gasteiger partial charge in [-0.05, 0) is 38.8 Å². The highest BCUT2D eigenvalue weighted by molar-refractivity contribution is 5.85. The Morgan fingerprint density at radius 3 is 2.58 bits per heavy atom. The molecule has 116 valence electrons. The van der Waals surface area contributed by atoms with Crippen LogP contribution in [0.15, 0.2) is 0 Å². The highest BCUT2D eigenvalue weighted by Crippen LogP contribution is 2.21. The largest absolute Gasteiger partial charge is 0.337 e. The highest BCUT2D eigenvalue weighted by atomic mass is 35.5. The van der Waals surface area contributed by atoms with Gasteiger partial charge in [0.2, 0.25) is 5.91 Å². The van der Waals surface area contributed by atoms with Crippen molar-refractivity contribution in [2.24, 2.45) is 11.7 Å². The van der Waals surface area contributed by atoms with E-state index in [4.69, 9.17) is 5.73 Å². The number of hydrogen-bond donors (Lipinski definition) is 1. The molecule has 1 rings (SSSR count). The summed E-state index contributed by atoms with van der Waals surface area (Å²) in [4.78, 5) is 16.3. The van der Waals surface area contributed by atoms with Gasteiger partial charge >= 0.3 is 0 Å². The van der Waals surface area contributed by atoms with Crippen LogP contribution in [0.4, 0.5) is 0 Å². The summed E-state index contributed by atoms with van der Waals surface area (Å²) in [5.74, 6) is 0.935. The van der Waals surface area contributed by atoms with E-state index in [1.54, 1.807) is 0 Å². The molecule has 1 aliphatic rings. The topological polar surface area (TPSA) is 49.6 Å². The third-order valence-electron chi connectivity index (χ3n) is 3.58. The number of nitrogens with two attached hydrogens (primary N) is 1. The van der Waals surface area contributed by atoms with Gasteiger partial charge in [0.15, 0.2) is 0 Å². The average molecular weight is 314 g/mol. The monoisotopic (exact) mass is 313 g/mol. The molecule has 1 heterocycles. The zero-order chi connectivity index (χ0) is 12.8. The zero-order valence-electron chi connectivity index (χ0n) is 12.3. The van der Waals surface area contributed by atoms with Crippen molar-refractivity contribution in [3.63, 3.8) is 0 Å². The quantitative estimate of drug-likeness (QED) is 0.841. The molecule has 1 aliphatic heterocycles. The summed E-state index contributed by atoms with van der Waals surface area (Å²) in [5.41, 5.74) is 5.78. The molecule has 6 heteroatoms. The number of likely N-dealkylation sites (N-methyl/N-ethyl adjacent to an activating group) is 1. The normalized spacial score (nSPS) is 22.7. The molecule has 1 fully saturated rings. The van der Waals surface area contributed by atoms with Gasteiger partial charge < -0.3 is 10.6 Å². The first-order valence-corrected chi connectivity index (χ1v) is 6.76. The first kappa shape index (κ1) is 21.3. The Hall–Kier alpha value is -0.0300. The molecule has 1 amide bonds. The predicted octanol–water partition coefficient (Wildman–Crippen LogP) is 1.76. The Balaban J connectivity index is 0. The Kier molecular flexibility index (Phi) is 12.0. The zero-order valence-corrected chi connectivity index (χ0v) is 13.9. The van der Waals surface area contributed by atoms with Crippen molar-refractivity contribution in [3.05, 3.63) is 0 Å². The molecule has 0 radical (unpaired) electrons. The first-order valence-electron chi connectivity index (χ1n) is 6.76. The molecule has 2 unspecified atom stereocenters. The second-order valence-electron chi connectivity index (χ2n) is 5.34. The van der Waals surface area contributed by atoms with Gasteiger partial charge in [-0.25, -0.2) is 0 Å². The minimum Gasteiger partial charge on any atom is -0.337 e. The lowest BCUT2D eigenvalue weighted by atomic mass is 9.92. The molecular weight excluding hydrogens is 285 g/mol. The van der Waals surface area contributed by atoms with Crippen LogP contribution >= 0.6 is 24.8 Å². The van der Waals surface area contributed by atoms with Gasteiger partial charge in [0, 0.05) is 19.1 Å². The fourth-order valence-electron chi connectivity index (χ4n) is 2.59. The maximum atomic E-state index is 12.2. The second kappa shape index (κ2) is 10.7. The van der Waals surface area contributed by atoms with E-state index in [0.29, 0.717) is 19.0 Å². The third kappa shape index (κ3) is 6.80. The van der Waals surface area contributed by atoms with E-state index in [-0.39, 0.29) is 36.8 Å². The summed E-state index contributed by atoms with van der Waals surface area (Å²) >= 11 is 0. The van der Waals surface area contributed by atoms with Gasteiger partial charge in [-0.2, -0.15) is 0 Å². The van der Waals surface area contributed by atoms with Crippen LogP contribution in [0.1, 0.15) is 33.1 Å². The van der Waals surface area contributed by atoms with Crippen LogP contribution in [0.25, 0.3) is 0 Å². The number of halogens is 2. The lowest BCUT2D eigenvalue weighted by Gasteiger charge is -2.38. The first-order chi connectivity index (χ1) is 8.08. The molecule has 2 N–H and O–H groups in total. The Morgan fingerprint density at radius 2 is 2.05 bits per heavy atom. The summed E-state index contributed by atoms with van der Waals surface area (Å²) in [6.07, 6.45) is 3.25. The predicted molar refractivity (Wildman–Crippen MR) is 85.2 cm³/mol. The molecule has 0 spiro atoms. The van der Waals surface area contributed by atoms with E-state index in [1.165, 1.54) is 0 Å². The maximum Gasteiger partial charge on any atom is 0.237 e. The van der Waals surface area contributed by atoms with Crippen molar-refractivity contribution in [1.82, 2.24) is 9.80 Å². The van der Waals surface area contributed by atoms with E-state index >= 15 is 0 Å². The molecule has 0 aromatic heterocycles. The van der Waals surface area contributed by atoms with Gasteiger partial charge in [-0.1, -0.05) is 13.8 Å².